The van der Waals surface area contributed by atoms with Gasteiger partial charge in [-0.2, -0.15) is 0 Å². The maximum atomic E-state index is 12.5. The third-order valence-corrected chi connectivity index (χ3v) is 6.97. The van der Waals surface area contributed by atoms with Gasteiger partial charge in [0.05, 0.1) is 6.61 Å². The standard InChI is InChI=1S/C24H36NO7P/c1-5-6-7-8-17-14-20(31-23(26)25-11-12-30-33(27,28)29)22-18-13-16(2)9-10-19(18)24(3,4)32-21(22)15-17/h9,14-15,18-19H,5-8,10-13H2,1-4H3,(H,25,26)(H2,27,28,29)/t18-,19-/m1/s1. The Labute approximate surface area is 195 Å². The van der Waals surface area contributed by atoms with Crippen LogP contribution in [0.2, 0.25) is 0 Å². The summed E-state index contributed by atoms with van der Waals surface area (Å²) in [7, 11) is -4.58. The molecular formula is C24H36NO7P. The van der Waals surface area contributed by atoms with Gasteiger partial charge in [0.25, 0.3) is 0 Å². The number of hydrogen-bond donors (Lipinski definition) is 3. The van der Waals surface area contributed by atoms with Crippen LogP contribution in [0.25, 0.3) is 0 Å². The van der Waals surface area contributed by atoms with Crippen LogP contribution in [-0.2, 0) is 15.5 Å². The zero-order valence-electron chi connectivity index (χ0n) is 19.9. The van der Waals surface area contributed by atoms with E-state index in [1.54, 1.807) is 0 Å². The van der Waals surface area contributed by atoms with Gasteiger partial charge in [0.1, 0.15) is 17.1 Å². The lowest BCUT2D eigenvalue weighted by atomic mass is 9.67. The van der Waals surface area contributed by atoms with Crippen LogP contribution in [0.3, 0.4) is 0 Å². The summed E-state index contributed by atoms with van der Waals surface area (Å²) in [4.78, 5) is 30.1. The van der Waals surface area contributed by atoms with Gasteiger partial charge in [0, 0.05) is 23.9 Å². The quantitative estimate of drug-likeness (QED) is 0.251. The number of amides is 1. The zero-order chi connectivity index (χ0) is 24.2. The lowest BCUT2D eigenvalue weighted by molar-refractivity contribution is 0.00763. The molecule has 1 heterocycles. The number of hydrogen-bond acceptors (Lipinski definition) is 5. The molecule has 1 aromatic rings. The van der Waals surface area contributed by atoms with E-state index in [1.165, 1.54) is 5.57 Å². The molecule has 0 fully saturated rings. The highest BCUT2D eigenvalue weighted by Crippen LogP contribution is 2.54. The highest BCUT2D eigenvalue weighted by Gasteiger charge is 2.46. The van der Waals surface area contributed by atoms with Crippen molar-refractivity contribution in [2.24, 2.45) is 5.92 Å². The molecule has 0 bridgehead atoms. The van der Waals surface area contributed by atoms with E-state index in [9.17, 15) is 9.36 Å². The summed E-state index contributed by atoms with van der Waals surface area (Å²) in [6.07, 6.45) is 7.51. The molecule has 9 heteroatoms. The number of carbonyl (C=O) groups excluding carboxylic acids is 1. The van der Waals surface area contributed by atoms with Crippen LogP contribution in [0.15, 0.2) is 23.8 Å². The van der Waals surface area contributed by atoms with Crippen LogP contribution in [0.1, 0.15) is 76.8 Å². The predicted octanol–water partition coefficient (Wildman–Crippen LogP) is 5.23. The number of nitrogens with one attached hydrogen (secondary N) is 1. The summed E-state index contributed by atoms with van der Waals surface area (Å²) in [6, 6.07) is 4.03. The number of phosphoric ester groups is 1. The fourth-order valence-electron chi connectivity index (χ4n) is 4.86. The fourth-order valence-corrected chi connectivity index (χ4v) is 5.19. The molecule has 0 saturated carbocycles. The van der Waals surface area contributed by atoms with Gasteiger partial charge in [0.2, 0.25) is 0 Å². The molecule has 0 unspecified atom stereocenters. The molecule has 1 aromatic carbocycles. The van der Waals surface area contributed by atoms with E-state index in [-0.39, 0.29) is 30.6 Å². The van der Waals surface area contributed by atoms with E-state index in [2.05, 4.69) is 49.7 Å². The highest BCUT2D eigenvalue weighted by atomic mass is 31.2. The molecule has 184 valence electrons. The second kappa shape index (κ2) is 10.6. The number of benzene rings is 1. The van der Waals surface area contributed by atoms with Gasteiger partial charge in [0.15, 0.2) is 0 Å². The number of phosphoric acid groups is 1. The second-order valence-electron chi connectivity index (χ2n) is 9.51. The van der Waals surface area contributed by atoms with Gasteiger partial charge < -0.3 is 24.6 Å². The van der Waals surface area contributed by atoms with Crippen molar-refractivity contribution in [1.82, 2.24) is 5.32 Å². The summed E-state index contributed by atoms with van der Waals surface area (Å²) in [5.74, 6) is 1.71. The van der Waals surface area contributed by atoms with Crippen LogP contribution in [0.5, 0.6) is 11.5 Å². The Morgan fingerprint density at radius 2 is 2.06 bits per heavy atom. The monoisotopic (exact) mass is 481 g/mol. The van der Waals surface area contributed by atoms with E-state index >= 15 is 0 Å². The summed E-state index contributed by atoms with van der Waals surface area (Å²) in [5.41, 5.74) is 2.97. The molecule has 2 atom stereocenters. The van der Waals surface area contributed by atoms with Gasteiger partial charge in [-0.3, -0.25) is 4.52 Å². The largest absolute Gasteiger partial charge is 0.487 e. The molecule has 33 heavy (non-hydrogen) atoms. The fraction of sp³-hybridized carbons (Fsp3) is 0.625. The minimum absolute atomic E-state index is 0.0836. The summed E-state index contributed by atoms with van der Waals surface area (Å²) >= 11 is 0. The number of aryl methyl sites for hydroxylation is 1. The molecule has 3 rings (SSSR count). The van der Waals surface area contributed by atoms with Crippen molar-refractivity contribution in [3.05, 3.63) is 34.9 Å². The van der Waals surface area contributed by atoms with Crippen molar-refractivity contribution >= 4 is 13.9 Å². The first-order chi connectivity index (χ1) is 15.5. The number of carbonyl (C=O) groups is 1. The average Bonchev–Trinajstić information content (AvgIpc) is 2.70. The Morgan fingerprint density at radius 1 is 1.30 bits per heavy atom. The van der Waals surface area contributed by atoms with Crippen LogP contribution < -0.4 is 14.8 Å². The summed E-state index contributed by atoms with van der Waals surface area (Å²) in [6.45, 7) is 8.14. The summed E-state index contributed by atoms with van der Waals surface area (Å²) in [5, 5.41) is 2.50. The van der Waals surface area contributed by atoms with Crippen LogP contribution >= 0.6 is 7.82 Å². The first kappa shape index (κ1) is 25.8. The molecule has 0 aromatic heterocycles. The zero-order valence-corrected chi connectivity index (χ0v) is 20.8. The Hall–Kier alpha value is -1.86. The van der Waals surface area contributed by atoms with Crippen LogP contribution in [0, 0.1) is 5.92 Å². The van der Waals surface area contributed by atoms with Crippen molar-refractivity contribution < 1.29 is 33.1 Å². The van der Waals surface area contributed by atoms with Crippen molar-refractivity contribution in [2.75, 3.05) is 13.2 Å². The highest BCUT2D eigenvalue weighted by molar-refractivity contribution is 7.46. The minimum atomic E-state index is -4.58. The molecule has 2 aliphatic rings. The van der Waals surface area contributed by atoms with Gasteiger partial charge in [-0.25, -0.2) is 9.36 Å². The van der Waals surface area contributed by atoms with E-state index in [0.717, 1.165) is 55.4 Å². The van der Waals surface area contributed by atoms with E-state index in [0.29, 0.717) is 5.75 Å². The lowest BCUT2D eigenvalue weighted by Crippen LogP contribution is -2.45. The number of ether oxygens (including phenoxy) is 2. The SMILES string of the molecule is CCCCCc1cc(OC(=O)NCCOP(=O)(O)O)c2c(c1)OC(C)(C)[C@@H]1CC=C(C)C[C@@H]21. The maximum Gasteiger partial charge on any atom is 0.469 e. The van der Waals surface area contributed by atoms with Crippen LogP contribution in [-0.4, -0.2) is 34.6 Å². The molecule has 0 radical (unpaired) electrons. The Kier molecular flexibility index (Phi) is 8.27. The van der Waals surface area contributed by atoms with Crippen molar-refractivity contribution in [3.63, 3.8) is 0 Å². The average molecular weight is 482 g/mol. The summed E-state index contributed by atoms with van der Waals surface area (Å²) < 4.78 is 27.4. The van der Waals surface area contributed by atoms with Gasteiger partial charge in [-0.05, 0) is 64.2 Å². The molecule has 1 aliphatic heterocycles. The molecule has 1 aliphatic carbocycles. The lowest BCUT2D eigenvalue weighted by Gasteiger charge is -2.47. The number of unbranched alkanes of at least 4 members (excludes halogenated alkanes) is 2. The van der Waals surface area contributed by atoms with E-state index < -0.39 is 13.9 Å². The second-order valence-corrected chi connectivity index (χ2v) is 10.8. The third kappa shape index (κ3) is 6.82. The predicted molar refractivity (Wildman–Crippen MR) is 126 cm³/mol. The topological polar surface area (TPSA) is 114 Å². The minimum Gasteiger partial charge on any atom is -0.487 e. The van der Waals surface area contributed by atoms with Gasteiger partial charge in [-0.15, -0.1) is 0 Å². The smallest absolute Gasteiger partial charge is 0.469 e. The number of allylic oxidation sites excluding steroid dienone is 2. The maximum absolute atomic E-state index is 12.5. The molecule has 1 amide bonds. The normalized spacial score (nSPS) is 21.3. The van der Waals surface area contributed by atoms with E-state index in [1.807, 2.05) is 6.07 Å². The molecular weight excluding hydrogens is 445 g/mol. The van der Waals surface area contributed by atoms with Crippen molar-refractivity contribution in [1.29, 1.82) is 0 Å². The van der Waals surface area contributed by atoms with Crippen LogP contribution in [0.4, 0.5) is 4.79 Å². The molecule has 8 nitrogen and oxygen atoms in total. The Balaban J connectivity index is 1.86. The van der Waals surface area contributed by atoms with Gasteiger partial charge in [-0.1, -0.05) is 31.4 Å². The van der Waals surface area contributed by atoms with E-state index in [4.69, 9.17) is 19.3 Å². The Bertz CT molecular complexity index is 937. The van der Waals surface area contributed by atoms with Crippen molar-refractivity contribution in [2.45, 2.75) is 77.7 Å². The van der Waals surface area contributed by atoms with Gasteiger partial charge >= 0.3 is 13.9 Å². The first-order valence-corrected chi connectivity index (χ1v) is 13.2. The molecule has 3 N–H and O–H groups in total. The third-order valence-electron chi connectivity index (χ3n) is 6.45. The molecule has 0 spiro atoms. The number of rotatable bonds is 9. The van der Waals surface area contributed by atoms with Crippen molar-refractivity contribution in [3.8, 4) is 11.5 Å². The Morgan fingerprint density at radius 3 is 2.76 bits per heavy atom. The number of fused-ring (bicyclic) bond motifs is 3. The first-order valence-electron chi connectivity index (χ1n) is 11.7. The molecule has 0 saturated heterocycles.